The molecule has 0 N–H and O–H groups in total. The number of aromatic nitrogens is 2. The molecule has 8 heteroatoms. The van der Waals surface area contributed by atoms with Gasteiger partial charge in [-0.1, -0.05) is 25.1 Å². The third kappa shape index (κ3) is 5.44. The van der Waals surface area contributed by atoms with Gasteiger partial charge in [0, 0.05) is 32.1 Å². The molecular formula is C27H35N5O3. The number of nitrogens with zero attached hydrogens (tertiary/aromatic N) is 5. The predicted molar refractivity (Wildman–Crippen MR) is 131 cm³/mol. The van der Waals surface area contributed by atoms with Gasteiger partial charge in [0.15, 0.2) is 5.82 Å². The molecular weight excluding hydrogens is 442 g/mol. The zero-order valence-electron chi connectivity index (χ0n) is 20.8. The number of anilines is 1. The van der Waals surface area contributed by atoms with Crippen LogP contribution in [0.2, 0.25) is 0 Å². The molecule has 0 radical (unpaired) electrons. The van der Waals surface area contributed by atoms with Crippen molar-refractivity contribution in [1.29, 1.82) is 5.26 Å². The summed E-state index contributed by atoms with van der Waals surface area (Å²) < 4.78 is 11.5. The van der Waals surface area contributed by atoms with Crippen LogP contribution in [-0.2, 0) is 11.2 Å². The molecule has 2 saturated heterocycles. The molecule has 8 nitrogen and oxygen atoms in total. The molecule has 3 fully saturated rings. The highest BCUT2D eigenvalue weighted by molar-refractivity contribution is 5.80. The molecule has 1 aliphatic carbocycles. The molecule has 1 aromatic carbocycles. The lowest BCUT2D eigenvalue weighted by atomic mass is 9.90. The van der Waals surface area contributed by atoms with E-state index in [9.17, 15) is 10.1 Å². The van der Waals surface area contributed by atoms with Crippen molar-refractivity contribution in [1.82, 2.24) is 15.0 Å². The summed E-state index contributed by atoms with van der Waals surface area (Å²) in [6.07, 6.45) is 6.03. The van der Waals surface area contributed by atoms with Crippen LogP contribution in [-0.4, -0.2) is 53.7 Å². The van der Waals surface area contributed by atoms with Crippen LogP contribution in [0.1, 0.15) is 68.8 Å². The standard InChI is InChI=1S/C27H35N5O3/c1-18(2)26-29-27(35-30-26)32-11-6-19(7-12-32)24-15-21(24)8-13-34-23-5-4-20(22(14-23)17-28)16-25(33)31-9-3-10-31/h4-5,14,18-19,21,24H,3,6-13,15-16H2,1-2H3. The Morgan fingerprint density at radius 1 is 1.26 bits per heavy atom. The summed E-state index contributed by atoms with van der Waals surface area (Å²) in [5.74, 6) is 4.16. The normalized spacial score (nSPS) is 22.1. The fraction of sp³-hybridized carbons (Fsp3) is 0.630. The fourth-order valence-corrected chi connectivity index (χ4v) is 5.36. The van der Waals surface area contributed by atoms with Gasteiger partial charge in [-0.05, 0) is 67.6 Å². The van der Waals surface area contributed by atoms with E-state index < -0.39 is 0 Å². The summed E-state index contributed by atoms with van der Waals surface area (Å²) in [6.45, 7) is 8.44. The summed E-state index contributed by atoms with van der Waals surface area (Å²) in [7, 11) is 0. The van der Waals surface area contributed by atoms with Crippen molar-refractivity contribution in [3.63, 3.8) is 0 Å². The molecule has 5 rings (SSSR count). The second kappa shape index (κ2) is 10.3. The highest BCUT2D eigenvalue weighted by atomic mass is 16.5. The van der Waals surface area contributed by atoms with Crippen molar-refractivity contribution in [3.8, 4) is 11.8 Å². The van der Waals surface area contributed by atoms with Gasteiger partial charge in [0.2, 0.25) is 5.91 Å². The topological polar surface area (TPSA) is 95.5 Å². The van der Waals surface area contributed by atoms with Crippen molar-refractivity contribution >= 4 is 11.9 Å². The summed E-state index contributed by atoms with van der Waals surface area (Å²) in [6, 6.07) is 8.43. The van der Waals surface area contributed by atoms with Crippen molar-refractivity contribution in [2.75, 3.05) is 37.7 Å². The van der Waals surface area contributed by atoms with Crippen LogP contribution in [0, 0.1) is 29.1 Å². The average molecular weight is 478 g/mol. The van der Waals surface area contributed by atoms with Gasteiger partial charge >= 0.3 is 6.01 Å². The minimum Gasteiger partial charge on any atom is -0.494 e. The van der Waals surface area contributed by atoms with Crippen LogP contribution < -0.4 is 9.64 Å². The van der Waals surface area contributed by atoms with E-state index in [4.69, 9.17) is 9.26 Å². The maximum absolute atomic E-state index is 12.3. The van der Waals surface area contributed by atoms with Crippen molar-refractivity contribution in [2.45, 2.75) is 58.3 Å². The minimum absolute atomic E-state index is 0.101. The first-order chi connectivity index (χ1) is 17.0. The Kier molecular flexibility index (Phi) is 6.94. The molecule has 2 aliphatic heterocycles. The van der Waals surface area contributed by atoms with Crippen LogP contribution in [0.3, 0.4) is 0 Å². The van der Waals surface area contributed by atoms with E-state index in [0.717, 1.165) is 68.2 Å². The molecule has 186 valence electrons. The Morgan fingerprint density at radius 3 is 2.71 bits per heavy atom. The summed E-state index contributed by atoms with van der Waals surface area (Å²) in [5, 5.41) is 13.6. The second-order valence-corrected chi connectivity index (χ2v) is 10.6. The lowest BCUT2D eigenvalue weighted by Crippen LogP contribution is -2.42. The van der Waals surface area contributed by atoms with Crippen molar-refractivity contribution in [3.05, 3.63) is 35.2 Å². The quantitative estimate of drug-likeness (QED) is 0.535. The number of likely N-dealkylation sites (tertiary alicyclic amines) is 1. The van der Waals surface area contributed by atoms with Crippen LogP contribution >= 0.6 is 0 Å². The molecule has 0 spiro atoms. The number of nitriles is 1. The van der Waals surface area contributed by atoms with Crippen LogP contribution in [0.4, 0.5) is 6.01 Å². The second-order valence-electron chi connectivity index (χ2n) is 10.6. The number of hydrogen-bond donors (Lipinski definition) is 0. The minimum atomic E-state index is 0.101. The van der Waals surface area contributed by atoms with E-state index in [1.54, 1.807) is 6.07 Å². The first-order valence-corrected chi connectivity index (χ1v) is 13.0. The largest absolute Gasteiger partial charge is 0.494 e. The number of carbonyl (C=O) groups is 1. The van der Waals surface area contributed by atoms with Gasteiger partial charge in [-0.15, -0.1) is 0 Å². The van der Waals surface area contributed by atoms with Crippen molar-refractivity contribution < 1.29 is 14.1 Å². The van der Waals surface area contributed by atoms with Gasteiger partial charge in [-0.2, -0.15) is 10.2 Å². The van der Waals surface area contributed by atoms with Crippen LogP contribution in [0.25, 0.3) is 0 Å². The Labute approximate surface area is 207 Å². The van der Waals surface area contributed by atoms with Gasteiger partial charge in [-0.25, -0.2) is 0 Å². The number of rotatable bonds is 9. The van der Waals surface area contributed by atoms with E-state index >= 15 is 0 Å². The maximum atomic E-state index is 12.3. The number of hydrogen-bond acceptors (Lipinski definition) is 7. The first kappa shape index (κ1) is 23.7. The predicted octanol–water partition coefficient (Wildman–Crippen LogP) is 4.16. The Morgan fingerprint density at radius 2 is 2.06 bits per heavy atom. The first-order valence-electron chi connectivity index (χ1n) is 13.0. The molecule has 1 aromatic heterocycles. The monoisotopic (exact) mass is 477 g/mol. The average Bonchev–Trinajstić information content (AvgIpc) is 3.41. The maximum Gasteiger partial charge on any atom is 0.324 e. The number of ether oxygens (including phenoxy) is 1. The SMILES string of the molecule is CC(C)c1noc(N2CCC(C3CC3CCOc3ccc(CC(=O)N4CCC4)c(C#N)c3)CC2)n1. The molecule has 0 bridgehead atoms. The van der Waals surface area contributed by atoms with Gasteiger partial charge in [0.25, 0.3) is 0 Å². The van der Waals surface area contributed by atoms with E-state index in [2.05, 4.69) is 35.0 Å². The number of carbonyl (C=O) groups excluding carboxylic acids is 1. The zero-order valence-corrected chi connectivity index (χ0v) is 20.8. The van der Waals surface area contributed by atoms with E-state index in [1.165, 1.54) is 19.3 Å². The number of benzene rings is 1. The zero-order chi connectivity index (χ0) is 24.4. The molecule has 1 saturated carbocycles. The molecule has 3 aliphatic rings. The van der Waals surface area contributed by atoms with E-state index in [-0.39, 0.29) is 18.2 Å². The van der Waals surface area contributed by atoms with Gasteiger partial charge in [-0.3, -0.25) is 4.79 Å². The summed E-state index contributed by atoms with van der Waals surface area (Å²) in [5.41, 5.74) is 1.32. The molecule has 3 heterocycles. The van der Waals surface area contributed by atoms with E-state index in [1.807, 2.05) is 17.0 Å². The molecule has 35 heavy (non-hydrogen) atoms. The Balaban J connectivity index is 1.04. The van der Waals surface area contributed by atoms with Gasteiger partial charge < -0.3 is 19.1 Å². The fourth-order valence-electron chi connectivity index (χ4n) is 5.36. The highest BCUT2D eigenvalue weighted by Gasteiger charge is 2.43. The lowest BCUT2D eigenvalue weighted by molar-refractivity contribution is -0.133. The van der Waals surface area contributed by atoms with E-state index in [0.29, 0.717) is 23.9 Å². The van der Waals surface area contributed by atoms with Crippen LogP contribution in [0.15, 0.2) is 22.7 Å². The molecule has 2 aromatic rings. The lowest BCUT2D eigenvalue weighted by Gasteiger charge is -2.31. The number of amides is 1. The molecule has 2 atom stereocenters. The smallest absolute Gasteiger partial charge is 0.324 e. The Bertz CT molecular complexity index is 1080. The third-order valence-corrected chi connectivity index (χ3v) is 7.85. The summed E-state index contributed by atoms with van der Waals surface area (Å²) >= 11 is 0. The Hall–Kier alpha value is -3.08. The highest BCUT2D eigenvalue weighted by Crippen LogP contribution is 2.50. The van der Waals surface area contributed by atoms with Crippen molar-refractivity contribution in [2.24, 2.45) is 17.8 Å². The van der Waals surface area contributed by atoms with Crippen LogP contribution in [0.5, 0.6) is 5.75 Å². The molecule has 1 amide bonds. The summed E-state index contributed by atoms with van der Waals surface area (Å²) in [4.78, 5) is 20.9. The molecule has 2 unspecified atom stereocenters. The van der Waals surface area contributed by atoms with Gasteiger partial charge in [0.05, 0.1) is 24.7 Å². The number of piperidine rings is 1. The third-order valence-electron chi connectivity index (χ3n) is 7.85. The van der Waals surface area contributed by atoms with Gasteiger partial charge in [0.1, 0.15) is 5.75 Å².